The van der Waals surface area contributed by atoms with Crippen molar-refractivity contribution in [1.29, 1.82) is 0 Å². The van der Waals surface area contributed by atoms with Gasteiger partial charge in [0.25, 0.3) is 0 Å². The molecular weight excluding hydrogens is 187 g/mol. The van der Waals surface area contributed by atoms with Crippen LogP contribution in [0.15, 0.2) is 12.4 Å². The highest BCUT2D eigenvalue weighted by molar-refractivity contribution is 6.32. The first-order chi connectivity index (χ1) is 5.27. The van der Waals surface area contributed by atoms with Crippen LogP contribution in [0.1, 0.15) is 0 Å². The van der Waals surface area contributed by atoms with Crippen LogP contribution in [0, 0.1) is 0 Å². The van der Waals surface area contributed by atoms with E-state index < -0.39 is 0 Å². The molecule has 0 amide bonds. The van der Waals surface area contributed by atoms with Crippen molar-refractivity contribution in [3.8, 4) is 0 Å². The normalized spacial score (nSPS) is 10.7. The maximum Gasteiger partial charge on any atom is 0.243 e. The van der Waals surface area contributed by atoms with E-state index in [1.807, 2.05) is 0 Å². The molecule has 4 nitrogen and oxygen atoms in total. The second-order valence-electron chi connectivity index (χ2n) is 1.87. The van der Waals surface area contributed by atoms with Crippen LogP contribution in [0.2, 0.25) is 10.4 Å². The van der Waals surface area contributed by atoms with E-state index in [1.165, 1.54) is 10.7 Å². The first-order valence-electron chi connectivity index (χ1n) is 2.80. The van der Waals surface area contributed by atoms with Gasteiger partial charge >= 0.3 is 0 Å². The van der Waals surface area contributed by atoms with Crippen molar-refractivity contribution in [2.24, 2.45) is 0 Å². The van der Waals surface area contributed by atoms with Gasteiger partial charge in [0.1, 0.15) is 0 Å². The molecule has 0 atom stereocenters. The molecule has 2 aromatic heterocycles. The summed E-state index contributed by atoms with van der Waals surface area (Å²) in [6.07, 6.45) is 3.15. The summed E-state index contributed by atoms with van der Waals surface area (Å²) in [6, 6.07) is 0. The van der Waals surface area contributed by atoms with Crippen LogP contribution in [0.5, 0.6) is 0 Å². The molecule has 6 heteroatoms. The highest BCUT2D eigenvalue weighted by Crippen LogP contribution is 2.12. The maximum atomic E-state index is 5.68. The number of hydrogen-bond donors (Lipinski definition) is 0. The van der Waals surface area contributed by atoms with E-state index in [0.717, 1.165) is 0 Å². The van der Waals surface area contributed by atoms with E-state index in [4.69, 9.17) is 23.2 Å². The van der Waals surface area contributed by atoms with Gasteiger partial charge in [0.05, 0.1) is 0 Å². The van der Waals surface area contributed by atoms with Crippen LogP contribution in [0.4, 0.5) is 0 Å². The van der Waals surface area contributed by atoms with Crippen molar-refractivity contribution >= 4 is 28.8 Å². The molecule has 0 aliphatic rings. The Kier molecular flexibility index (Phi) is 1.44. The lowest BCUT2D eigenvalue weighted by molar-refractivity contribution is 0.946. The highest BCUT2D eigenvalue weighted by atomic mass is 35.5. The number of halogens is 2. The van der Waals surface area contributed by atoms with Crippen molar-refractivity contribution in [3.63, 3.8) is 0 Å². The molecule has 0 aliphatic heterocycles. The number of rotatable bonds is 0. The minimum absolute atomic E-state index is 0.167. The van der Waals surface area contributed by atoms with Crippen molar-refractivity contribution in [2.75, 3.05) is 0 Å². The molecule has 0 N–H and O–H groups in total. The summed E-state index contributed by atoms with van der Waals surface area (Å²) in [5, 5.41) is 4.29. The van der Waals surface area contributed by atoms with Gasteiger partial charge in [0, 0.05) is 12.4 Å². The number of aromatic nitrogens is 4. The molecule has 0 radical (unpaired) electrons. The molecule has 0 aromatic carbocycles. The molecule has 0 unspecified atom stereocenters. The average Bonchev–Trinajstić information content (AvgIpc) is 2.31. The molecule has 0 saturated carbocycles. The second-order valence-corrected chi connectivity index (χ2v) is 2.56. The third kappa shape index (κ3) is 1.04. The quantitative estimate of drug-likeness (QED) is 0.629. The standard InChI is InChI=1S/C5H2Cl2N4/c6-3-4-9-5(7)10-11(4)2-1-8-3/h1-2H. The van der Waals surface area contributed by atoms with Gasteiger partial charge in [-0.1, -0.05) is 11.6 Å². The summed E-state index contributed by atoms with van der Waals surface area (Å²) in [5.41, 5.74) is 0.471. The molecule has 0 fully saturated rings. The minimum Gasteiger partial charge on any atom is -0.239 e. The SMILES string of the molecule is Clc1nc2c(Cl)nccn2n1. The zero-order chi connectivity index (χ0) is 7.84. The van der Waals surface area contributed by atoms with Crippen LogP contribution < -0.4 is 0 Å². The molecule has 0 saturated heterocycles. The van der Waals surface area contributed by atoms with E-state index in [9.17, 15) is 0 Å². The monoisotopic (exact) mass is 188 g/mol. The molecule has 2 heterocycles. The first kappa shape index (κ1) is 6.82. The summed E-state index contributed by atoms with van der Waals surface area (Å²) in [7, 11) is 0. The van der Waals surface area contributed by atoms with E-state index in [1.54, 1.807) is 6.20 Å². The molecule has 56 valence electrons. The van der Waals surface area contributed by atoms with Crippen LogP contribution >= 0.6 is 23.2 Å². The minimum atomic E-state index is 0.167. The third-order valence-corrected chi connectivity index (χ3v) is 1.61. The second kappa shape index (κ2) is 2.32. The Hall–Kier alpha value is -0.870. The Bertz CT molecular complexity index is 396. The van der Waals surface area contributed by atoms with Crippen molar-refractivity contribution in [2.45, 2.75) is 0 Å². The first-order valence-corrected chi connectivity index (χ1v) is 3.55. The van der Waals surface area contributed by atoms with E-state index in [0.29, 0.717) is 10.8 Å². The zero-order valence-electron chi connectivity index (χ0n) is 5.20. The van der Waals surface area contributed by atoms with Crippen molar-refractivity contribution in [1.82, 2.24) is 19.6 Å². The number of nitrogens with zero attached hydrogens (tertiary/aromatic N) is 4. The summed E-state index contributed by atoms with van der Waals surface area (Å²) in [4.78, 5) is 7.64. The Labute approximate surface area is 71.8 Å². The van der Waals surface area contributed by atoms with Gasteiger partial charge in [0.15, 0.2) is 10.8 Å². The lowest BCUT2D eigenvalue weighted by atomic mass is 10.7. The van der Waals surface area contributed by atoms with Gasteiger partial charge in [-0.15, -0.1) is 5.10 Å². The van der Waals surface area contributed by atoms with Gasteiger partial charge in [-0.05, 0) is 11.6 Å². The average molecular weight is 189 g/mol. The lowest BCUT2D eigenvalue weighted by Crippen LogP contribution is -1.87. The summed E-state index contributed by atoms with van der Waals surface area (Å²) in [5.74, 6) is 0. The van der Waals surface area contributed by atoms with Gasteiger partial charge in [-0.25, -0.2) is 9.50 Å². The lowest BCUT2D eigenvalue weighted by Gasteiger charge is -1.89. The Morgan fingerprint density at radius 2 is 2.18 bits per heavy atom. The van der Waals surface area contributed by atoms with Crippen molar-refractivity contribution < 1.29 is 0 Å². The van der Waals surface area contributed by atoms with Crippen LogP contribution in [0.25, 0.3) is 5.65 Å². The number of hydrogen-bond acceptors (Lipinski definition) is 3. The maximum absolute atomic E-state index is 5.68. The third-order valence-electron chi connectivity index (χ3n) is 1.19. The smallest absolute Gasteiger partial charge is 0.239 e. The van der Waals surface area contributed by atoms with Gasteiger partial charge in [-0.3, -0.25) is 0 Å². The predicted molar refractivity (Wildman–Crippen MR) is 40.8 cm³/mol. The highest BCUT2D eigenvalue weighted by Gasteiger charge is 2.03. The summed E-state index contributed by atoms with van der Waals surface area (Å²) in [6.45, 7) is 0. The fourth-order valence-electron chi connectivity index (χ4n) is 0.761. The fourth-order valence-corrected chi connectivity index (χ4v) is 1.11. The fraction of sp³-hybridized carbons (Fsp3) is 0. The topological polar surface area (TPSA) is 43.1 Å². The molecule has 0 aliphatic carbocycles. The molecule has 0 spiro atoms. The van der Waals surface area contributed by atoms with E-state index in [-0.39, 0.29) is 5.28 Å². The number of fused-ring (bicyclic) bond motifs is 1. The molecule has 0 bridgehead atoms. The van der Waals surface area contributed by atoms with E-state index in [2.05, 4.69) is 15.1 Å². The Balaban J connectivity index is 2.90. The van der Waals surface area contributed by atoms with Gasteiger partial charge < -0.3 is 0 Å². The largest absolute Gasteiger partial charge is 0.243 e. The molecular formula is C5H2Cl2N4. The molecule has 2 rings (SSSR count). The van der Waals surface area contributed by atoms with E-state index >= 15 is 0 Å². The summed E-state index contributed by atoms with van der Waals surface area (Å²) < 4.78 is 1.47. The van der Waals surface area contributed by atoms with Crippen LogP contribution in [-0.4, -0.2) is 19.6 Å². The Morgan fingerprint density at radius 3 is 2.91 bits per heavy atom. The Morgan fingerprint density at radius 1 is 1.36 bits per heavy atom. The van der Waals surface area contributed by atoms with Gasteiger partial charge in [-0.2, -0.15) is 4.98 Å². The zero-order valence-corrected chi connectivity index (χ0v) is 6.71. The molecule has 2 aromatic rings. The predicted octanol–water partition coefficient (Wildman–Crippen LogP) is 1.43. The van der Waals surface area contributed by atoms with Crippen LogP contribution in [0.3, 0.4) is 0 Å². The van der Waals surface area contributed by atoms with Crippen LogP contribution in [-0.2, 0) is 0 Å². The van der Waals surface area contributed by atoms with Crippen molar-refractivity contribution in [3.05, 3.63) is 22.8 Å². The van der Waals surface area contributed by atoms with Gasteiger partial charge in [0.2, 0.25) is 5.28 Å². The molecule has 11 heavy (non-hydrogen) atoms. The summed E-state index contributed by atoms with van der Waals surface area (Å²) >= 11 is 11.2.